The normalized spacial score (nSPS) is 26.2. The molecule has 1 atom stereocenters. The van der Waals surface area contributed by atoms with Crippen LogP contribution in [0.3, 0.4) is 0 Å². The van der Waals surface area contributed by atoms with Gasteiger partial charge in [-0.2, -0.15) is 0 Å². The van der Waals surface area contributed by atoms with E-state index in [-0.39, 0.29) is 24.0 Å². The van der Waals surface area contributed by atoms with E-state index >= 15 is 0 Å². The molecule has 1 heterocycles. The highest BCUT2D eigenvalue weighted by Crippen LogP contribution is 2.27. The number of benzene rings is 1. The van der Waals surface area contributed by atoms with Crippen molar-refractivity contribution in [2.45, 2.75) is 57.1 Å². The van der Waals surface area contributed by atoms with Gasteiger partial charge in [0.15, 0.2) is 0 Å². The molecule has 0 aromatic heterocycles. The minimum Gasteiger partial charge on any atom is -0.393 e. The Morgan fingerprint density at radius 1 is 1.12 bits per heavy atom. The number of hydrogen-bond acceptors (Lipinski definition) is 3. The standard InChI is InChI=1S/C20H29ClN2O2/c21-17-8-4-15(5-9-17)19(23-12-2-1-3-13-23)14-22-20(25)16-6-10-18(24)11-7-16/h4-5,8-9,16,18-19,24H,1-3,6-7,10-14H2,(H,22,25)/t16?,18?,19-/m1/s1. The molecule has 3 rings (SSSR count). The predicted molar refractivity (Wildman–Crippen MR) is 101 cm³/mol. The van der Waals surface area contributed by atoms with E-state index in [1.165, 1.54) is 24.8 Å². The van der Waals surface area contributed by atoms with Crippen molar-refractivity contribution in [2.75, 3.05) is 19.6 Å². The minimum atomic E-state index is -0.223. The Morgan fingerprint density at radius 2 is 1.76 bits per heavy atom. The Balaban J connectivity index is 1.62. The van der Waals surface area contributed by atoms with Gasteiger partial charge in [0.05, 0.1) is 12.1 Å². The van der Waals surface area contributed by atoms with Crippen LogP contribution >= 0.6 is 11.6 Å². The second kappa shape index (κ2) is 9.02. The number of hydrogen-bond donors (Lipinski definition) is 2. The van der Waals surface area contributed by atoms with Crippen LogP contribution in [0.25, 0.3) is 0 Å². The molecule has 2 aliphatic rings. The molecular formula is C20H29ClN2O2. The number of amides is 1. The first-order valence-electron chi connectivity index (χ1n) is 9.59. The van der Waals surface area contributed by atoms with Gasteiger partial charge in [-0.25, -0.2) is 0 Å². The molecule has 1 aliphatic carbocycles. The van der Waals surface area contributed by atoms with Gasteiger partial charge in [-0.1, -0.05) is 30.2 Å². The Hall–Kier alpha value is -1.10. The zero-order valence-electron chi connectivity index (χ0n) is 14.8. The number of nitrogens with one attached hydrogen (secondary N) is 1. The molecule has 25 heavy (non-hydrogen) atoms. The third-order valence-electron chi connectivity index (χ3n) is 5.62. The Labute approximate surface area is 155 Å². The van der Waals surface area contributed by atoms with E-state index in [2.05, 4.69) is 22.3 Å². The largest absolute Gasteiger partial charge is 0.393 e. The van der Waals surface area contributed by atoms with Gasteiger partial charge in [-0.3, -0.25) is 9.69 Å². The van der Waals surface area contributed by atoms with E-state index < -0.39 is 0 Å². The molecule has 0 unspecified atom stereocenters. The van der Waals surface area contributed by atoms with Crippen molar-refractivity contribution < 1.29 is 9.90 Å². The molecule has 2 N–H and O–H groups in total. The zero-order valence-corrected chi connectivity index (χ0v) is 15.5. The second-order valence-electron chi connectivity index (χ2n) is 7.41. The molecule has 0 bridgehead atoms. The molecule has 1 amide bonds. The summed E-state index contributed by atoms with van der Waals surface area (Å²) in [5.41, 5.74) is 1.21. The molecule has 4 nitrogen and oxygen atoms in total. The van der Waals surface area contributed by atoms with Crippen molar-refractivity contribution in [3.63, 3.8) is 0 Å². The van der Waals surface area contributed by atoms with Gasteiger partial charge in [0.1, 0.15) is 0 Å². The topological polar surface area (TPSA) is 52.6 Å². The van der Waals surface area contributed by atoms with Gasteiger partial charge < -0.3 is 10.4 Å². The van der Waals surface area contributed by atoms with Gasteiger partial charge >= 0.3 is 0 Å². The van der Waals surface area contributed by atoms with Crippen molar-refractivity contribution in [1.29, 1.82) is 0 Å². The number of rotatable bonds is 5. The fourth-order valence-corrected chi connectivity index (χ4v) is 4.18. The number of piperidine rings is 1. The van der Waals surface area contributed by atoms with Crippen molar-refractivity contribution in [3.05, 3.63) is 34.9 Å². The van der Waals surface area contributed by atoms with E-state index in [0.717, 1.165) is 43.8 Å². The molecule has 1 saturated carbocycles. The van der Waals surface area contributed by atoms with E-state index in [0.29, 0.717) is 6.54 Å². The molecular weight excluding hydrogens is 336 g/mol. The van der Waals surface area contributed by atoms with E-state index in [1.54, 1.807) is 0 Å². The lowest BCUT2D eigenvalue weighted by Gasteiger charge is -2.35. The van der Waals surface area contributed by atoms with Crippen LogP contribution in [0.5, 0.6) is 0 Å². The highest BCUT2D eigenvalue weighted by Gasteiger charge is 2.27. The fraction of sp³-hybridized carbons (Fsp3) is 0.650. The Morgan fingerprint density at radius 3 is 2.40 bits per heavy atom. The SMILES string of the molecule is O=C(NC[C@H](c1ccc(Cl)cc1)N1CCCCC1)C1CCC(O)CC1. The quantitative estimate of drug-likeness (QED) is 0.840. The number of aliphatic hydroxyl groups is 1. The number of aliphatic hydroxyl groups excluding tert-OH is 1. The maximum Gasteiger partial charge on any atom is 0.223 e. The first-order chi connectivity index (χ1) is 12.1. The molecule has 5 heteroatoms. The summed E-state index contributed by atoms with van der Waals surface area (Å²) in [6, 6.07) is 8.21. The van der Waals surface area contributed by atoms with Crippen LogP contribution in [-0.4, -0.2) is 41.7 Å². The summed E-state index contributed by atoms with van der Waals surface area (Å²) in [5, 5.41) is 13.5. The summed E-state index contributed by atoms with van der Waals surface area (Å²) in [6.45, 7) is 2.80. The lowest BCUT2D eigenvalue weighted by atomic mass is 9.87. The first-order valence-corrected chi connectivity index (χ1v) is 9.96. The number of halogens is 1. The predicted octanol–water partition coefficient (Wildman–Crippen LogP) is 3.53. The third kappa shape index (κ3) is 5.19. The molecule has 1 saturated heterocycles. The summed E-state index contributed by atoms with van der Waals surface area (Å²) in [5.74, 6) is 0.193. The highest BCUT2D eigenvalue weighted by atomic mass is 35.5. The second-order valence-corrected chi connectivity index (χ2v) is 7.85. The summed E-state index contributed by atoms with van der Waals surface area (Å²) >= 11 is 6.04. The van der Waals surface area contributed by atoms with Gasteiger partial charge in [0, 0.05) is 17.5 Å². The number of carbonyl (C=O) groups is 1. The molecule has 1 aliphatic heterocycles. The van der Waals surface area contributed by atoms with Gasteiger partial charge in [0.2, 0.25) is 5.91 Å². The van der Waals surface area contributed by atoms with Crippen LogP contribution < -0.4 is 5.32 Å². The highest BCUT2D eigenvalue weighted by molar-refractivity contribution is 6.30. The lowest BCUT2D eigenvalue weighted by Crippen LogP contribution is -2.42. The summed E-state index contributed by atoms with van der Waals surface area (Å²) < 4.78 is 0. The summed E-state index contributed by atoms with van der Waals surface area (Å²) in [6.07, 6.45) is 6.58. The van der Waals surface area contributed by atoms with E-state index in [1.807, 2.05) is 12.1 Å². The smallest absolute Gasteiger partial charge is 0.223 e. The molecule has 138 valence electrons. The van der Waals surface area contributed by atoms with Crippen LogP contribution in [-0.2, 0) is 4.79 Å². The summed E-state index contributed by atoms with van der Waals surface area (Å²) in [4.78, 5) is 15.0. The maximum absolute atomic E-state index is 12.5. The van der Waals surface area contributed by atoms with Crippen molar-refractivity contribution >= 4 is 17.5 Å². The monoisotopic (exact) mass is 364 g/mol. The van der Waals surface area contributed by atoms with Crippen molar-refractivity contribution in [3.8, 4) is 0 Å². The zero-order chi connectivity index (χ0) is 17.6. The van der Waals surface area contributed by atoms with Crippen LogP contribution in [0.4, 0.5) is 0 Å². The van der Waals surface area contributed by atoms with Crippen LogP contribution in [0, 0.1) is 5.92 Å². The molecule has 2 fully saturated rings. The van der Waals surface area contributed by atoms with Gasteiger partial charge in [-0.15, -0.1) is 0 Å². The minimum absolute atomic E-state index is 0.0515. The summed E-state index contributed by atoms with van der Waals surface area (Å²) in [7, 11) is 0. The van der Waals surface area contributed by atoms with E-state index in [9.17, 15) is 9.90 Å². The number of carbonyl (C=O) groups excluding carboxylic acids is 1. The molecule has 0 spiro atoms. The average molecular weight is 365 g/mol. The Kier molecular flexibility index (Phi) is 6.74. The lowest BCUT2D eigenvalue weighted by molar-refractivity contribution is -0.126. The van der Waals surface area contributed by atoms with Crippen molar-refractivity contribution in [2.24, 2.45) is 5.92 Å². The molecule has 1 aromatic carbocycles. The molecule has 1 aromatic rings. The Bertz CT molecular complexity index is 549. The molecule has 0 radical (unpaired) electrons. The first kappa shape index (κ1) is 18.7. The number of likely N-dealkylation sites (tertiary alicyclic amines) is 1. The fourth-order valence-electron chi connectivity index (χ4n) is 4.05. The van der Waals surface area contributed by atoms with Crippen LogP contribution in [0.1, 0.15) is 56.6 Å². The number of nitrogens with zero attached hydrogens (tertiary/aromatic N) is 1. The van der Waals surface area contributed by atoms with Gasteiger partial charge in [0.25, 0.3) is 0 Å². The van der Waals surface area contributed by atoms with Crippen molar-refractivity contribution in [1.82, 2.24) is 10.2 Å². The average Bonchev–Trinajstić information content (AvgIpc) is 2.64. The maximum atomic E-state index is 12.5. The van der Waals surface area contributed by atoms with E-state index in [4.69, 9.17) is 11.6 Å². The van der Waals surface area contributed by atoms with Crippen LogP contribution in [0.2, 0.25) is 5.02 Å². The van der Waals surface area contributed by atoms with Crippen LogP contribution in [0.15, 0.2) is 24.3 Å². The third-order valence-corrected chi connectivity index (χ3v) is 5.88. The van der Waals surface area contributed by atoms with Gasteiger partial charge in [-0.05, 0) is 69.3 Å².